The average molecular weight is 280 g/mol. The van der Waals surface area contributed by atoms with Crippen molar-refractivity contribution in [3.8, 4) is 0 Å². The first-order valence-corrected chi connectivity index (χ1v) is 6.77. The molecule has 110 valence electrons. The molecule has 1 fully saturated rings. The number of aromatic nitrogens is 3. The van der Waals surface area contributed by atoms with E-state index in [0.29, 0.717) is 13.1 Å². The largest absolute Gasteiger partial charge is 0.481 e. The van der Waals surface area contributed by atoms with Crippen molar-refractivity contribution in [1.82, 2.24) is 19.7 Å². The molecule has 1 aromatic rings. The minimum atomic E-state index is -0.768. The summed E-state index contributed by atoms with van der Waals surface area (Å²) >= 11 is 0. The summed E-state index contributed by atoms with van der Waals surface area (Å²) < 4.78 is 1.55. The quantitative estimate of drug-likeness (QED) is 0.878. The number of hydrogen-bond acceptors (Lipinski definition) is 4. The molecule has 7 heteroatoms. The van der Waals surface area contributed by atoms with Gasteiger partial charge in [-0.25, -0.2) is 9.67 Å². The molecule has 1 N–H and O–H groups in total. The molecule has 0 saturated carbocycles. The maximum Gasteiger partial charge on any atom is 0.303 e. The number of aliphatic carboxylic acids is 1. The van der Waals surface area contributed by atoms with Crippen LogP contribution in [0.15, 0.2) is 12.7 Å². The number of carbonyl (C=O) groups is 2. The number of amides is 1. The number of hydrogen-bond donors (Lipinski definition) is 1. The zero-order valence-corrected chi connectivity index (χ0v) is 11.8. The first-order valence-electron chi connectivity index (χ1n) is 6.77. The van der Waals surface area contributed by atoms with Crippen molar-refractivity contribution in [1.29, 1.82) is 0 Å². The molecule has 0 atom stereocenters. The van der Waals surface area contributed by atoms with Gasteiger partial charge < -0.3 is 10.0 Å². The van der Waals surface area contributed by atoms with Crippen LogP contribution in [0.25, 0.3) is 0 Å². The van der Waals surface area contributed by atoms with Crippen LogP contribution in [0, 0.1) is 5.92 Å². The summed E-state index contributed by atoms with van der Waals surface area (Å²) in [5, 5.41) is 12.8. The van der Waals surface area contributed by atoms with Gasteiger partial charge in [-0.15, -0.1) is 0 Å². The second-order valence-corrected chi connectivity index (χ2v) is 5.73. The van der Waals surface area contributed by atoms with Gasteiger partial charge in [-0.3, -0.25) is 9.59 Å². The van der Waals surface area contributed by atoms with Gasteiger partial charge in [0.25, 0.3) is 0 Å². The van der Waals surface area contributed by atoms with Gasteiger partial charge in [0.1, 0.15) is 18.2 Å². The van der Waals surface area contributed by atoms with Crippen molar-refractivity contribution < 1.29 is 14.7 Å². The van der Waals surface area contributed by atoms with Crippen LogP contribution in [-0.2, 0) is 15.1 Å². The van der Waals surface area contributed by atoms with E-state index in [1.165, 1.54) is 12.7 Å². The molecule has 0 unspecified atom stereocenters. The molecule has 7 nitrogen and oxygen atoms in total. The maximum atomic E-state index is 12.6. The third-order valence-corrected chi connectivity index (χ3v) is 3.88. The molecule has 1 saturated heterocycles. The van der Waals surface area contributed by atoms with Crippen LogP contribution in [0.4, 0.5) is 0 Å². The fourth-order valence-corrected chi connectivity index (χ4v) is 2.57. The smallest absolute Gasteiger partial charge is 0.303 e. The molecule has 0 aliphatic carbocycles. The minimum Gasteiger partial charge on any atom is -0.481 e. The standard InChI is InChI=1S/C13H20N4O3/c1-13(2,17-9-14-8-15-17)12(20)16-5-3-10(4-6-16)7-11(18)19/h8-10H,3-7H2,1-2H3,(H,18,19). The summed E-state index contributed by atoms with van der Waals surface area (Å²) in [5.41, 5.74) is -0.768. The van der Waals surface area contributed by atoms with E-state index in [1.54, 1.807) is 9.58 Å². The number of piperidine rings is 1. The van der Waals surface area contributed by atoms with E-state index in [9.17, 15) is 9.59 Å². The number of rotatable bonds is 4. The Morgan fingerprint density at radius 2 is 2.00 bits per heavy atom. The summed E-state index contributed by atoms with van der Waals surface area (Å²) in [4.78, 5) is 28.9. The van der Waals surface area contributed by atoms with Gasteiger partial charge in [0.2, 0.25) is 5.91 Å². The maximum absolute atomic E-state index is 12.6. The third kappa shape index (κ3) is 2.97. The summed E-state index contributed by atoms with van der Waals surface area (Å²) in [6.45, 7) is 4.84. The van der Waals surface area contributed by atoms with Crippen LogP contribution in [0.1, 0.15) is 33.1 Å². The van der Waals surface area contributed by atoms with Gasteiger partial charge in [0.15, 0.2) is 0 Å². The van der Waals surface area contributed by atoms with E-state index in [4.69, 9.17) is 5.11 Å². The summed E-state index contributed by atoms with van der Waals surface area (Å²) in [6, 6.07) is 0. The average Bonchev–Trinajstić information content (AvgIpc) is 2.92. The van der Waals surface area contributed by atoms with Crippen LogP contribution >= 0.6 is 0 Å². The third-order valence-electron chi connectivity index (χ3n) is 3.88. The van der Waals surface area contributed by atoms with Crippen molar-refractivity contribution in [2.24, 2.45) is 5.92 Å². The van der Waals surface area contributed by atoms with Crippen molar-refractivity contribution in [2.45, 2.75) is 38.6 Å². The van der Waals surface area contributed by atoms with Crippen molar-refractivity contribution in [2.75, 3.05) is 13.1 Å². The molecule has 0 aromatic carbocycles. The lowest BCUT2D eigenvalue weighted by Crippen LogP contribution is -2.50. The first kappa shape index (κ1) is 14.5. The monoisotopic (exact) mass is 280 g/mol. The second-order valence-electron chi connectivity index (χ2n) is 5.73. The number of carboxylic acid groups (broad SMARTS) is 1. The molecular weight excluding hydrogens is 260 g/mol. The summed E-state index contributed by atoms with van der Waals surface area (Å²) in [6.07, 6.45) is 4.62. The lowest BCUT2D eigenvalue weighted by Gasteiger charge is -2.36. The molecule has 1 amide bonds. The van der Waals surface area contributed by atoms with E-state index in [2.05, 4.69) is 10.1 Å². The van der Waals surface area contributed by atoms with Crippen LogP contribution in [0.5, 0.6) is 0 Å². The fraction of sp³-hybridized carbons (Fsp3) is 0.692. The Balaban J connectivity index is 1.96. The first-order chi connectivity index (χ1) is 9.41. The lowest BCUT2D eigenvalue weighted by atomic mass is 9.92. The Morgan fingerprint density at radius 1 is 1.35 bits per heavy atom. The lowest BCUT2D eigenvalue weighted by molar-refractivity contribution is -0.142. The molecule has 1 aliphatic heterocycles. The van der Waals surface area contributed by atoms with Crippen LogP contribution in [-0.4, -0.2) is 49.7 Å². The van der Waals surface area contributed by atoms with Crippen molar-refractivity contribution >= 4 is 11.9 Å². The highest BCUT2D eigenvalue weighted by molar-refractivity contribution is 5.83. The predicted octanol–water partition coefficient (Wildman–Crippen LogP) is 0.726. The molecule has 2 rings (SSSR count). The highest BCUT2D eigenvalue weighted by Gasteiger charge is 2.36. The van der Waals surface area contributed by atoms with Gasteiger partial charge in [-0.1, -0.05) is 0 Å². The van der Waals surface area contributed by atoms with E-state index in [1.807, 2.05) is 13.8 Å². The number of carboxylic acids is 1. The van der Waals surface area contributed by atoms with E-state index in [-0.39, 0.29) is 18.2 Å². The Labute approximate surface area is 117 Å². The van der Waals surface area contributed by atoms with Gasteiger partial charge in [0, 0.05) is 19.5 Å². The second kappa shape index (κ2) is 5.60. The molecule has 2 heterocycles. The van der Waals surface area contributed by atoms with Gasteiger partial charge in [-0.2, -0.15) is 5.10 Å². The SMILES string of the molecule is CC(C)(C(=O)N1CCC(CC(=O)O)CC1)n1cncn1. The van der Waals surface area contributed by atoms with Crippen LogP contribution < -0.4 is 0 Å². The molecule has 0 bridgehead atoms. The topological polar surface area (TPSA) is 88.3 Å². The summed E-state index contributed by atoms with van der Waals surface area (Å²) in [7, 11) is 0. The van der Waals surface area contributed by atoms with Gasteiger partial charge in [-0.05, 0) is 32.6 Å². The zero-order valence-electron chi connectivity index (χ0n) is 11.8. The van der Waals surface area contributed by atoms with Gasteiger partial charge >= 0.3 is 5.97 Å². The fourth-order valence-electron chi connectivity index (χ4n) is 2.57. The van der Waals surface area contributed by atoms with E-state index >= 15 is 0 Å². The normalized spacial score (nSPS) is 17.2. The zero-order chi connectivity index (χ0) is 14.8. The minimum absolute atomic E-state index is 0.00299. The number of carbonyl (C=O) groups excluding carboxylic acids is 1. The molecule has 0 radical (unpaired) electrons. The van der Waals surface area contributed by atoms with Gasteiger partial charge in [0.05, 0.1) is 0 Å². The molecular formula is C13H20N4O3. The van der Waals surface area contributed by atoms with E-state index in [0.717, 1.165) is 12.8 Å². The Hall–Kier alpha value is -1.92. The highest BCUT2D eigenvalue weighted by Crippen LogP contribution is 2.24. The molecule has 0 spiro atoms. The van der Waals surface area contributed by atoms with Crippen LogP contribution in [0.3, 0.4) is 0 Å². The Bertz CT molecular complexity index is 476. The highest BCUT2D eigenvalue weighted by atomic mass is 16.4. The molecule has 1 aliphatic rings. The molecule has 20 heavy (non-hydrogen) atoms. The number of likely N-dealkylation sites (tertiary alicyclic amines) is 1. The van der Waals surface area contributed by atoms with Crippen LogP contribution in [0.2, 0.25) is 0 Å². The van der Waals surface area contributed by atoms with E-state index < -0.39 is 11.5 Å². The van der Waals surface area contributed by atoms with Crippen molar-refractivity contribution in [3.05, 3.63) is 12.7 Å². The Morgan fingerprint density at radius 3 is 2.50 bits per heavy atom. The predicted molar refractivity (Wildman–Crippen MR) is 70.9 cm³/mol. The van der Waals surface area contributed by atoms with Crippen molar-refractivity contribution in [3.63, 3.8) is 0 Å². The Kier molecular flexibility index (Phi) is 4.06. The summed E-state index contributed by atoms with van der Waals surface area (Å²) in [5.74, 6) is -0.597. The number of nitrogens with zero attached hydrogens (tertiary/aromatic N) is 4. The molecule has 1 aromatic heterocycles.